The Hall–Kier alpha value is -2.18. The van der Waals surface area contributed by atoms with E-state index in [1.807, 2.05) is 38.1 Å². The number of carbonyl (C=O) groups excluding carboxylic acids is 1. The van der Waals surface area contributed by atoms with Gasteiger partial charge in [-0.2, -0.15) is 4.31 Å². The van der Waals surface area contributed by atoms with Gasteiger partial charge in [0.15, 0.2) is 0 Å². The minimum Gasteiger partial charge on any atom is -0.346 e. The lowest BCUT2D eigenvalue weighted by atomic mass is 10.1. The predicted octanol–water partition coefficient (Wildman–Crippen LogP) is 4.36. The lowest BCUT2D eigenvalue weighted by molar-refractivity contribution is 0.0939. The lowest BCUT2D eigenvalue weighted by Gasteiger charge is -2.22. The van der Waals surface area contributed by atoms with Crippen LogP contribution in [0, 0.1) is 13.8 Å². The summed E-state index contributed by atoms with van der Waals surface area (Å²) >= 11 is 0. The van der Waals surface area contributed by atoms with Gasteiger partial charge >= 0.3 is 0 Å². The highest BCUT2D eigenvalue weighted by Gasteiger charge is 2.27. The summed E-state index contributed by atoms with van der Waals surface area (Å²) in [5.41, 5.74) is 3.20. The van der Waals surface area contributed by atoms with Crippen molar-refractivity contribution < 1.29 is 13.2 Å². The number of rotatable bonds is 5. The predicted molar refractivity (Wildman–Crippen MR) is 115 cm³/mol. The summed E-state index contributed by atoms with van der Waals surface area (Å²) in [6.07, 6.45) is 3.88. The number of amides is 1. The van der Waals surface area contributed by atoms with Crippen molar-refractivity contribution in [2.75, 3.05) is 13.1 Å². The number of benzene rings is 2. The first-order chi connectivity index (χ1) is 13.8. The van der Waals surface area contributed by atoms with Crippen molar-refractivity contribution in [2.24, 2.45) is 0 Å². The minimum absolute atomic E-state index is 0.171. The second kappa shape index (κ2) is 9.09. The average Bonchev–Trinajstić information content (AvgIpc) is 2.98. The summed E-state index contributed by atoms with van der Waals surface area (Å²) in [6, 6.07) is 12.8. The van der Waals surface area contributed by atoms with E-state index >= 15 is 0 Å². The van der Waals surface area contributed by atoms with Gasteiger partial charge in [0.05, 0.1) is 10.9 Å². The van der Waals surface area contributed by atoms with Crippen LogP contribution in [0.5, 0.6) is 0 Å². The molecule has 0 saturated carbocycles. The normalized spacial score (nSPS) is 16.8. The summed E-state index contributed by atoms with van der Waals surface area (Å²) in [6.45, 7) is 6.81. The van der Waals surface area contributed by atoms with Crippen molar-refractivity contribution in [3.63, 3.8) is 0 Å². The third-order valence-corrected chi connectivity index (χ3v) is 7.60. The second-order valence-corrected chi connectivity index (χ2v) is 9.81. The number of aryl methyl sites for hydroxylation is 2. The van der Waals surface area contributed by atoms with Crippen LogP contribution < -0.4 is 5.32 Å². The van der Waals surface area contributed by atoms with Gasteiger partial charge in [0.2, 0.25) is 10.0 Å². The molecule has 1 heterocycles. The molecule has 0 aromatic heterocycles. The number of nitrogens with one attached hydrogen (secondary N) is 1. The van der Waals surface area contributed by atoms with Gasteiger partial charge in [-0.25, -0.2) is 8.42 Å². The molecule has 1 atom stereocenters. The molecule has 0 radical (unpaired) electrons. The van der Waals surface area contributed by atoms with Crippen LogP contribution in [0.3, 0.4) is 0 Å². The van der Waals surface area contributed by atoms with Crippen LogP contribution in [-0.4, -0.2) is 31.7 Å². The molecule has 29 heavy (non-hydrogen) atoms. The first-order valence-electron chi connectivity index (χ1n) is 10.3. The minimum atomic E-state index is -3.60. The Morgan fingerprint density at radius 3 is 2.21 bits per heavy atom. The standard InChI is InChI=1S/C23H30N2O3S/c1-17-8-11-20(12-9-17)19(3)24-23(26)21-13-10-18(2)22(16-21)29(27,28)25-14-6-4-5-7-15-25/h8-13,16,19H,4-7,14-15H2,1-3H3,(H,24,26)/t19-/m0/s1. The Morgan fingerprint density at radius 1 is 0.966 bits per heavy atom. The number of sulfonamides is 1. The van der Waals surface area contributed by atoms with Gasteiger partial charge in [-0.05, 0) is 56.9 Å². The van der Waals surface area contributed by atoms with E-state index in [1.54, 1.807) is 23.4 Å². The van der Waals surface area contributed by atoms with E-state index in [0.717, 1.165) is 36.8 Å². The van der Waals surface area contributed by atoms with Crippen LogP contribution in [0.2, 0.25) is 0 Å². The van der Waals surface area contributed by atoms with Crippen LogP contribution >= 0.6 is 0 Å². The Bertz CT molecular complexity index is 960. The molecule has 5 nitrogen and oxygen atoms in total. The molecule has 2 aromatic carbocycles. The molecule has 0 bridgehead atoms. The van der Waals surface area contributed by atoms with Crippen molar-refractivity contribution in [3.8, 4) is 0 Å². The molecule has 1 fully saturated rings. The fourth-order valence-electron chi connectivity index (χ4n) is 3.66. The monoisotopic (exact) mass is 414 g/mol. The van der Waals surface area contributed by atoms with Gasteiger partial charge in [0.25, 0.3) is 5.91 Å². The molecule has 1 aliphatic rings. The summed E-state index contributed by atoms with van der Waals surface area (Å²) in [4.78, 5) is 13.0. The summed E-state index contributed by atoms with van der Waals surface area (Å²) in [5.74, 6) is -0.273. The zero-order valence-electron chi connectivity index (χ0n) is 17.4. The Labute approximate surface area is 174 Å². The van der Waals surface area contributed by atoms with Crippen LogP contribution in [0.15, 0.2) is 47.4 Å². The van der Waals surface area contributed by atoms with E-state index in [0.29, 0.717) is 24.2 Å². The number of nitrogens with zero attached hydrogens (tertiary/aromatic N) is 1. The van der Waals surface area contributed by atoms with E-state index in [4.69, 9.17) is 0 Å². The second-order valence-electron chi connectivity index (χ2n) is 7.90. The van der Waals surface area contributed by atoms with Crippen LogP contribution in [-0.2, 0) is 10.0 Å². The average molecular weight is 415 g/mol. The summed E-state index contributed by atoms with van der Waals surface area (Å²) < 4.78 is 28.0. The highest BCUT2D eigenvalue weighted by Crippen LogP contribution is 2.24. The van der Waals surface area contributed by atoms with Crippen molar-refractivity contribution in [1.82, 2.24) is 9.62 Å². The maximum atomic E-state index is 13.2. The van der Waals surface area contributed by atoms with Crippen molar-refractivity contribution in [3.05, 3.63) is 64.7 Å². The van der Waals surface area contributed by atoms with Crippen molar-refractivity contribution >= 4 is 15.9 Å². The Kier molecular flexibility index (Phi) is 6.75. The fourth-order valence-corrected chi connectivity index (χ4v) is 5.43. The van der Waals surface area contributed by atoms with Gasteiger partial charge in [0, 0.05) is 18.7 Å². The Morgan fingerprint density at radius 2 is 1.59 bits per heavy atom. The molecular weight excluding hydrogens is 384 g/mol. The van der Waals surface area contributed by atoms with Gasteiger partial charge in [-0.3, -0.25) is 4.79 Å². The van der Waals surface area contributed by atoms with Crippen LogP contribution in [0.1, 0.15) is 65.7 Å². The molecule has 6 heteroatoms. The van der Waals surface area contributed by atoms with Gasteiger partial charge in [-0.1, -0.05) is 48.7 Å². The highest BCUT2D eigenvalue weighted by molar-refractivity contribution is 7.89. The van der Waals surface area contributed by atoms with Crippen molar-refractivity contribution in [2.45, 2.75) is 57.4 Å². The molecule has 2 aromatic rings. The van der Waals surface area contributed by atoms with Crippen LogP contribution in [0.25, 0.3) is 0 Å². The number of hydrogen-bond donors (Lipinski definition) is 1. The topological polar surface area (TPSA) is 66.5 Å². The third-order valence-electron chi connectivity index (χ3n) is 5.56. The molecule has 0 spiro atoms. The van der Waals surface area contributed by atoms with E-state index < -0.39 is 10.0 Å². The van der Waals surface area contributed by atoms with Gasteiger partial charge < -0.3 is 5.32 Å². The van der Waals surface area contributed by atoms with E-state index in [-0.39, 0.29) is 16.8 Å². The summed E-state index contributed by atoms with van der Waals surface area (Å²) in [5, 5.41) is 2.97. The molecular formula is C23H30N2O3S. The SMILES string of the molecule is Cc1ccc([C@H](C)NC(=O)c2ccc(C)c(S(=O)(=O)N3CCCCCC3)c2)cc1. The number of hydrogen-bond acceptors (Lipinski definition) is 3. The first kappa shape index (κ1) is 21.5. The van der Waals surface area contributed by atoms with E-state index in [1.165, 1.54) is 6.07 Å². The smallest absolute Gasteiger partial charge is 0.251 e. The Balaban J connectivity index is 1.82. The third kappa shape index (κ3) is 5.06. The molecule has 3 rings (SSSR count). The molecule has 1 saturated heterocycles. The van der Waals surface area contributed by atoms with Crippen molar-refractivity contribution in [1.29, 1.82) is 0 Å². The largest absolute Gasteiger partial charge is 0.346 e. The first-order valence-corrected chi connectivity index (χ1v) is 11.7. The quantitative estimate of drug-likeness (QED) is 0.790. The maximum Gasteiger partial charge on any atom is 0.251 e. The molecule has 156 valence electrons. The molecule has 1 amide bonds. The zero-order valence-corrected chi connectivity index (χ0v) is 18.3. The van der Waals surface area contributed by atoms with Gasteiger partial charge in [-0.15, -0.1) is 0 Å². The zero-order chi connectivity index (χ0) is 21.0. The molecule has 1 N–H and O–H groups in total. The van der Waals surface area contributed by atoms with Gasteiger partial charge in [0.1, 0.15) is 0 Å². The lowest BCUT2D eigenvalue weighted by Crippen LogP contribution is -2.33. The maximum absolute atomic E-state index is 13.2. The summed E-state index contributed by atoms with van der Waals surface area (Å²) in [7, 11) is -3.60. The molecule has 0 unspecified atom stereocenters. The molecule has 0 aliphatic carbocycles. The van der Waals surface area contributed by atoms with E-state index in [9.17, 15) is 13.2 Å². The van der Waals surface area contributed by atoms with Crippen LogP contribution in [0.4, 0.5) is 0 Å². The highest BCUT2D eigenvalue weighted by atomic mass is 32.2. The number of carbonyl (C=O) groups is 1. The van der Waals surface area contributed by atoms with E-state index in [2.05, 4.69) is 5.32 Å². The molecule has 1 aliphatic heterocycles. The fraction of sp³-hybridized carbons (Fsp3) is 0.435.